The van der Waals surface area contributed by atoms with Crippen molar-refractivity contribution in [3.63, 3.8) is 0 Å². The van der Waals surface area contributed by atoms with Crippen LogP contribution in [0.2, 0.25) is 0 Å². The summed E-state index contributed by atoms with van der Waals surface area (Å²) in [5.41, 5.74) is 0. The highest BCUT2D eigenvalue weighted by atomic mass is 16.6. The predicted molar refractivity (Wildman–Crippen MR) is 30.2 cm³/mol. The molecule has 1 aromatic heterocycles. The van der Waals surface area contributed by atoms with Gasteiger partial charge in [0, 0.05) is 0 Å². The molecule has 0 amide bonds. The minimum absolute atomic E-state index is 0.0307. The Kier molecular flexibility index (Phi) is 1.88. The van der Waals surface area contributed by atoms with Crippen molar-refractivity contribution < 1.29 is 19.5 Å². The second kappa shape index (κ2) is 2.68. The number of aromatic nitrogens is 1. The van der Waals surface area contributed by atoms with Gasteiger partial charge in [-0.2, -0.15) is 0 Å². The number of hydrogen-bond acceptors (Lipinski definition) is 5. The van der Waals surface area contributed by atoms with Crippen molar-refractivity contribution in [3.8, 4) is 5.88 Å². The van der Waals surface area contributed by atoms with Gasteiger partial charge in [-0.25, -0.2) is 0 Å². The molecule has 0 unspecified atom stereocenters. The van der Waals surface area contributed by atoms with Gasteiger partial charge in [0.25, 0.3) is 5.88 Å². The van der Waals surface area contributed by atoms with Crippen molar-refractivity contribution >= 4 is 0 Å². The van der Waals surface area contributed by atoms with E-state index in [-0.39, 0.29) is 11.6 Å². The Hall–Kier alpha value is -1.07. The molecule has 0 spiro atoms. The van der Waals surface area contributed by atoms with E-state index in [9.17, 15) is 0 Å². The lowest BCUT2D eigenvalue weighted by Crippen LogP contribution is -1.90. The molecule has 0 saturated heterocycles. The first kappa shape index (κ1) is 7.04. The summed E-state index contributed by atoms with van der Waals surface area (Å²) in [5, 5.41) is 20.3. The van der Waals surface area contributed by atoms with Gasteiger partial charge in [0.15, 0.2) is 5.76 Å². The first-order valence-corrected chi connectivity index (χ1v) is 2.61. The summed E-state index contributed by atoms with van der Waals surface area (Å²) in [6, 6.07) is 1.30. The molecule has 0 radical (unpaired) electrons. The topological polar surface area (TPSA) is 75.7 Å². The zero-order chi connectivity index (χ0) is 7.56. The zero-order valence-electron chi connectivity index (χ0n) is 5.31. The molecule has 5 heteroatoms. The van der Waals surface area contributed by atoms with Crippen LogP contribution in [-0.2, 0) is 0 Å². The van der Waals surface area contributed by atoms with Crippen molar-refractivity contribution in [3.05, 3.63) is 11.8 Å². The third-order valence-electron chi connectivity index (χ3n) is 0.970. The standard InChI is InChI=1S/C5H7NO4/c1-9-4-2-3(5(7)8)10-6-4/h2,5,7-8H,1H3. The summed E-state index contributed by atoms with van der Waals surface area (Å²) < 4.78 is 9.06. The van der Waals surface area contributed by atoms with Crippen LogP contribution in [0.3, 0.4) is 0 Å². The molecule has 56 valence electrons. The maximum Gasteiger partial charge on any atom is 0.254 e. The molecule has 10 heavy (non-hydrogen) atoms. The van der Waals surface area contributed by atoms with Crippen LogP contribution < -0.4 is 4.74 Å². The molecule has 5 nitrogen and oxygen atoms in total. The molecule has 0 aliphatic rings. The fourth-order valence-electron chi connectivity index (χ4n) is 0.490. The third-order valence-corrected chi connectivity index (χ3v) is 0.970. The van der Waals surface area contributed by atoms with E-state index in [0.717, 1.165) is 0 Å². The van der Waals surface area contributed by atoms with Crippen molar-refractivity contribution in [2.45, 2.75) is 6.29 Å². The van der Waals surface area contributed by atoms with Crippen LogP contribution in [0, 0.1) is 0 Å². The monoisotopic (exact) mass is 145 g/mol. The normalized spacial score (nSPS) is 10.4. The largest absolute Gasteiger partial charge is 0.479 e. The van der Waals surface area contributed by atoms with Gasteiger partial charge in [-0.1, -0.05) is 0 Å². The lowest BCUT2D eigenvalue weighted by Gasteiger charge is -1.91. The molecule has 0 saturated carbocycles. The van der Waals surface area contributed by atoms with E-state index in [1.54, 1.807) is 0 Å². The van der Waals surface area contributed by atoms with Gasteiger partial charge in [-0.05, 0) is 5.16 Å². The Bertz CT molecular complexity index is 207. The van der Waals surface area contributed by atoms with Crippen molar-refractivity contribution in [1.29, 1.82) is 0 Å². The Balaban J connectivity index is 2.78. The highest BCUT2D eigenvalue weighted by Gasteiger charge is 2.09. The van der Waals surface area contributed by atoms with Crippen LogP contribution >= 0.6 is 0 Å². The highest BCUT2D eigenvalue weighted by Crippen LogP contribution is 2.15. The Morgan fingerprint density at radius 3 is 2.70 bits per heavy atom. The molecule has 0 fully saturated rings. The number of aliphatic hydroxyl groups is 2. The number of methoxy groups -OCH3 is 1. The highest BCUT2D eigenvalue weighted by molar-refractivity contribution is 5.10. The molecule has 2 N–H and O–H groups in total. The number of aliphatic hydroxyl groups excluding tert-OH is 1. The molecule has 1 aromatic rings. The molecule has 1 heterocycles. The number of rotatable bonds is 2. The van der Waals surface area contributed by atoms with Crippen LogP contribution in [0.4, 0.5) is 0 Å². The van der Waals surface area contributed by atoms with E-state index in [2.05, 4.69) is 14.4 Å². The van der Waals surface area contributed by atoms with Crippen molar-refractivity contribution in [1.82, 2.24) is 5.16 Å². The summed E-state index contributed by atoms with van der Waals surface area (Å²) in [4.78, 5) is 0. The fourth-order valence-corrected chi connectivity index (χ4v) is 0.490. The molecule has 0 aliphatic heterocycles. The maximum atomic E-state index is 8.50. The Labute approximate surface area is 56.8 Å². The Morgan fingerprint density at radius 2 is 2.40 bits per heavy atom. The van der Waals surface area contributed by atoms with E-state index in [0.29, 0.717) is 0 Å². The lowest BCUT2D eigenvalue weighted by atomic mass is 10.4. The van der Waals surface area contributed by atoms with Crippen molar-refractivity contribution in [2.75, 3.05) is 7.11 Å². The molecule has 1 rings (SSSR count). The molecule has 0 bridgehead atoms. The Morgan fingerprint density at radius 1 is 1.70 bits per heavy atom. The van der Waals surface area contributed by atoms with Crippen LogP contribution in [0.15, 0.2) is 10.6 Å². The fraction of sp³-hybridized carbons (Fsp3) is 0.400. The summed E-state index contributed by atoms with van der Waals surface area (Å²) in [5.74, 6) is 0.194. The van der Waals surface area contributed by atoms with Crippen LogP contribution in [0.5, 0.6) is 5.88 Å². The molecular weight excluding hydrogens is 138 g/mol. The minimum atomic E-state index is -1.63. The van der Waals surface area contributed by atoms with E-state index < -0.39 is 6.29 Å². The third kappa shape index (κ3) is 1.26. The van der Waals surface area contributed by atoms with Crippen LogP contribution in [0.25, 0.3) is 0 Å². The van der Waals surface area contributed by atoms with Gasteiger partial charge in [-0.15, -0.1) is 0 Å². The summed E-state index contributed by atoms with van der Waals surface area (Å²) in [6.07, 6.45) is -1.63. The van der Waals surface area contributed by atoms with Gasteiger partial charge >= 0.3 is 0 Å². The molecule has 0 atom stereocenters. The van der Waals surface area contributed by atoms with Crippen molar-refractivity contribution in [2.24, 2.45) is 0 Å². The second-order valence-electron chi connectivity index (χ2n) is 1.65. The SMILES string of the molecule is COc1cc(C(O)O)on1. The summed E-state index contributed by atoms with van der Waals surface area (Å²) >= 11 is 0. The van der Waals surface area contributed by atoms with Crippen LogP contribution in [-0.4, -0.2) is 22.5 Å². The second-order valence-corrected chi connectivity index (χ2v) is 1.65. The first-order valence-electron chi connectivity index (χ1n) is 2.61. The first-order chi connectivity index (χ1) is 4.74. The van der Waals surface area contributed by atoms with E-state index in [1.165, 1.54) is 13.2 Å². The quantitative estimate of drug-likeness (QED) is 0.557. The van der Waals surface area contributed by atoms with Crippen LogP contribution in [0.1, 0.15) is 12.1 Å². The van der Waals surface area contributed by atoms with Gasteiger partial charge in [0.1, 0.15) is 0 Å². The summed E-state index contributed by atoms with van der Waals surface area (Å²) in [7, 11) is 1.41. The van der Waals surface area contributed by atoms with Gasteiger partial charge in [0.2, 0.25) is 6.29 Å². The van der Waals surface area contributed by atoms with Gasteiger partial charge in [-0.3, -0.25) is 0 Å². The lowest BCUT2D eigenvalue weighted by molar-refractivity contribution is -0.0612. The minimum Gasteiger partial charge on any atom is -0.479 e. The summed E-state index contributed by atoms with van der Waals surface area (Å²) in [6.45, 7) is 0. The van der Waals surface area contributed by atoms with E-state index >= 15 is 0 Å². The number of hydrogen-bond donors (Lipinski definition) is 2. The predicted octanol–water partition coefficient (Wildman–Crippen LogP) is -0.334. The molecule has 0 aromatic carbocycles. The number of nitrogens with zero attached hydrogens (tertiary/aromatic N) is 1. The zero-order valence-corrected chi connectivity index (χ0v) is 5.31. The molecular formula is C5H7NO4. The maximum absolute atomic E-state index is 8.50. The molecule has 0 aliphatic carbocycles. The average Bonchev–Trinajstić information content (AvgIpc) is 2.34. The number of ether oxygens (including phenoxy) is 1. The van der Waals surface area contributed by atoms with E-state index in [1.807, 2.05) is 0 Å². The van der Waals surface area contributed by atoms with E-state index in [4.69, 9.17) is 10.2 Å². The van der Waals surface area contributed by atoms with Gasteiger partial charge < -0.3 is 19.5 Å². The van der Waals surface area contributed by atoms with Gasteiger partial charge in [0.05, 0.1) is 13.2 Å². The average molecular weight is 145 g/mol. The smallest absolute Gasteiger partial charge is 0.254 e.